The Kier molecular flexibility index (Phi) is 5.85. The zero-order chi connectivity index (χ0) is 21.8. The predicted molar refractivity (Wildman–Crippen MR) is 117 cm³/mol. The van der Waals surface area contributed by atoms with Crippen LogP contribution in [0.15, 0.2) is 60.7 Å². The van der Waals surface area contributed by atoms with Gasteiger partial charge in [0.05, 0.1) is 18.5 Å². The fourth-order valence-corrected chi connectivity index (χ4v) is 4.09. The Morgan fingerprint density at radius 3 is 2.61 bits per heavy atom. The first kappa shape index (κ1) is 20.8. The maximum absolute atomic E-state index is 12.4. The number of nitrogens with zero attached hydrogens (tertiary/aromatic N) is 1. The van der Waals surface area contributed by atoms with E-state index in [-0.39, 0.29) is 26.5 Å². The Labute approximate surface area is 180 Å². The molecule has 1 aliphatic rings. The maximum Gasteiger partial charge on any atom is 0.240 e. The fraction of sp³-hybridized carbons (Fsp3) is 0.227. The number of ether oxygens (including phenoxy) is 3. The summed E-state index contributed by atoms with van der Waals surface area (Å²) in [6.45, 7) is 0.223. The summed E-state index contributed by atoms with van der Waals surface area (Å²) in [5, 5.41) is 4.87. The quantitative estimate of drug-likeness (QED) is 0.539. The number of nitrogens with one attached hydrogen (secondary N) is 1. The summed E-state index contributed by atoms with van der Waals surface area (Å²) < 4.78 is 41.7. The lowest BCUT2D eigenvalue weighted by Gasteiger charge is -2.22. The molecule has 3 aromatic rings. The van der Waals surface area contributed by atoms with Crippen molar-refractivity contribution in [2.45, 2.75) is 0 Å². The van der Waals surface area contributed by atoms with Crippen LogP contribution in [0.2, 0.25) is 0 Å². The lowest BCUT2D eigenvalue weighted by Crippen LogP contribution is -2.41. The lowest BCUT2D eigenvalue weighted by atomic mass is 10.1. The molecule has 8 nitrogen and oxygen atoms in total. The molecule has 9 heteroatoms. The minimum Gasteiger partial charge on any atom is -0.492 e. The van der Waals surface area contributed by atoms with E-state index in [4.69, 9.17) is 14.2 Å². The van der Waals surface area contributed by atoms with Crippen LogP contribution >= 0.6 is 0 Å². The summed E-state index contributed by atoms with van der Waals surface area (Å²) in [5.41, 5.74) is 0.328. The Balaban J connectivity index is 1.32. The van der Waals surface area contributed by atoms with E-state index >= 15 is 0 Å². The van der Waals surface area contributed by atoms with Gasteiger partial charge in [0.1, 0.15) is 18.9 Å². The average Bonchev–Trinajstić information content (AvgIpc) is 3.22. The van der Waals surface area contributed by atoms with E-state index in [2.05, 4.69) is 5.32 Å². The molecule has 0 unspecified atom stereocenters. The Morgan fingerprint density at radius 1 is 1.03 bits per heavy atom. The van der Waals surface area contributed by atoms with E-state index in [9.17, 15) is 13.2 Å². The van der Waals surface area contributed by atoms with Crippen molar-refractivity contribution >= 4 is 32.4 Å². The highest BCUT2D eigenvalue weighted by Crippen LogP contribution is 2.36. The number of rotatable bonds is 8. The normalized spacial score (nSPS) is 12.5. The molecule has 1 N–H and O–H groups in total. The number of carbonyl (C=O) groups is 1. The van der Waals surface area contributed by atoms with Gasteiger partial charge in [-0.25, -0.2) is 8.42 Å². The number of benzene rings is 3. The number of hydrogen-bond acceptors (Lipinski definition) is 6. The lowest BCUT2D eigenvalue weighted by molar-refractivity contribution is -0.119. The third-order valence-electron chi connectivity index (χ3n) is 4.75. The number of anilines is 1. The molecule has 1 aliphatic heterocycles. The van der Waals surface area contributed by atoms with E-state index in [0.717, 1.165) is 21.3 Å². The van der Waals surface area contributed by atoms with E-state index in [1.807, 2.05) is 42.5 Å². The van der Waals surface area contributed by atoms with Crippen LogP contribution in [0.4, 0.5) is 5.69 Å². The van der Waals surface area contributed by atoms with Gasteiger partial charge in [0, 0.05) is 6.07 Å². The van der Waals surface area contributed by atoms with Gasteiger partial charge in [0.2, 0.25) is 22.7 Å². The van der Waals surface area contributed by atoms with Crippen LogP contribution in [0.1, 0.15) is 0 Å². The van der Waals surface area contributed by atoms with Crippen molar-refractivity contribution in [2.24, 2.45) is 0 Å². The molecular formula is C22H22N2O6S. The van der Waals surface area contributed by atoms with Crippen LogP contribution in [0.25, 0.3) is 10.8 Å². The average molecular weight is 442 g/mol. The van der Waals surface area contributed by atoms with Crippen LogP contribution in [-0.2, 0) is 14.8 Å². The molecule has 1 amide bonds. The Hall–Kier alpha value is -3.46. The standard InChI is InChI=1S/C22H22N2O6S/c1-31(26,27)24(18-7-9-20-21(13-18)30-15-29-20)14-22(25)23-10-11-28-19-8-6-16-4-2-3-5-17(16)12-19/h2-9,12-13H,10-11,14-15H2,1H3,(H,23,25). The van der Waals surface area contributed by atoms with Gasteiger partial charge >= 0.3 is 0 Å². The number of amides is 1. The van der Waals surface area contributed by atoms with Crippen molar-refractivity contribution in [2.75, 3.05) is 37.1 Å². The summed E-state index contributed by atoms with van der Waals surface area (Å²) in [6, 6.07) is 18.5. The molecular weight excluding hydrogens is 420 g/mol. The van der Waals surface area contributed by atoms with Crippen LogP contribution in [-0.4, -0.2) is 47.1 Å². The number of sulfonamides is 1. The third-order valence-corrected chi connectivity index (χ3v) is 5.89. The second-order valence-electron chi connectivity index (χ2n) is 7.01. The smallest absolute Gasteiger partial charge is 0.240 e. The maximum atomic E-state index is 12.4. The predicted octanol–water partition coefficient (Wildman–Crippen LogP) is 2.53. The van der Waals surface area contributed by atoms with Gasteiger partial charge in [-0.3, -0.25) is 9.10 Å². The molecule has 31 heavy (non-hydrogen) atoms. The minimum absolute atomic E-state index is 0.0787. The van der Waals surface area contributed by atoms with Gasteiger partial charge in [-0.15, -0.1) is 0 Å². The molecule has 0 atom stereocenters. The van der Waals surface area contributed by atoms with E-state index in [1.54, 1.807) is 18.2 Å². The third kappa shape index (κ3) is 5.00. The summed E-state index contributed by atoms with van der Waals surface area (Å²) in [6.07, 6.45) is 1.05. The molecule has 4 rings (SSSR count). The molecule has 0 aliphatic carbocycles. The van der Waals surface area contributed by atoms with Gasteiger partial charge < -0.3 is 19.5 Å². The fourth-order valence-electron chi connectivity index (χ4n) is 3.24. The van der Waals surface area contributed by atoms with Gasteiger partial charge in [-0.1, -0.05) is 30.3 Å². The molecule has 0 aromatic heterocycles. The second-order valence-corrected chi connectivity index (χ2v) is 8.92. The molecule has 1 heterocycles. The Bertz CT molecular complexity index is 1210. The molecule has 0 radical (unpaired) electrons. The molecule has 0 spiro atoms. The highest BCUT2D eigenvalue weighted by Gasteiger charge is 2.23. The minimum atomic E-state index is -3.68. The molecule has 162 valence electrons. The summed E-state index contributed by atoms with van der Waals surface area (Å²) in [7, 11) is -3.68. The largest absolute Gasteiger partial charge is 0.492 e. The van der Waals surface area contributed by atoms with Gasteiger partial charge in [0.25, 0.3) is 0 Å². The molecule has 0 saturated heterocycles. The van der Waals surface area contributed by atoms with E-state index in [1.165, 1.54) is 0 Å². The zero-order valence-corrected chi connectivity index (χ0v) is 17.7. The highest BCUT2D eigenvalue weighted by atomic mass is 32.2. The molecule has 0 saturated carbocycles. The SMILES string of the molecule is CS(=O)(=O)N(CC(=O)NCCOc1ccc2ccccc2c1)c1ccc2c(c1)OCO2. The highest BCUT2D eigenvalue weighted by molar-refractivity contribution is 7.92. The van der Waals surface area contributed by atoms with Gasteiger partial charge in [-0.05, 0) is 35.0 Å². The van der Waals surface area contributed by atoms with Crippen molar-refractivity contribution < 1.29 is 27.4 Å². The topological polar surface area (TPSA) is 94.2 Å². The molecule has 0 fully saturated rings. The first-order chi connectivity index (χ1) is 14.9. The molecule has 3 aromatic carbocycles. The van der Waals surface area contributed by atoms with E-state index < -0.39 is 15.9 Å². The van der Waals surface area contributed by atoms with Gasteiger partial charge in [0.15, 0.2) is 11.5 Å². The van der Waals surface area contributed by atoms with Crippen molar-refractivity contribution in [3.05, 3.63) is 60.7 Å². The van der Waals surface area contributed by atoms with Crippen molar-refractivity contribution in [3.63, 3.8) is 0 Å². The van der Waals surface area contributed by atoms with Crippen molar-refractivity contribution in [1.82, 2.24) is 5.32 Å². The molecule has 0 bridgehead atoms. The van der Waals surface area contributed by atoms with Crippen molar-refractivity contribution in [3.8, 4) is 17.2 Å². The van der Waals surface area contributed by atoms with Crippen LogP contribution in [0.5, 0.6) is 17.2 Å². The van der Waals surface area contributed by atoms with Crippen molar-refractivity contribution in [1.29, 1.82) is 0 Å². The summed E-state index contributed by atoms with van der Waals surface area (Å²) in [4.78, 5) is 12.4. The second kappa shape index (κ2) is 8.73. The zero-order valence-electron chi connectivity index (χ0n) is 16.9. The monoisotopic (exact) mass is 442 g/mol. The number of fused-ring (bicyclic) bond motifs is 2. The summed E-state index contributed by atoms with van der Waals surface area (Å²) >= 11 is 0. The van der Waals surface area contributed by atoms with Crippen LogP contribution in [0, 0.1) is 0 Å². The summed E-state index contributed by atoms with van der Waals surface area (Å²) in [5.74, 6) is 1.24. The van der Waals surface area contributed by atoms with Gasteiger partial charge in [-0.2, -0.15) is 0 Å². The first-order valence-corrected chi connectivity index (χ1v) is 11.5. The van der Waals surface area contributed by atoms with Crippen LogP contribution in [0.3, 0.4) is 0 Å². The Morgan fingerprint density at radius 2 is 1.81 bits per heavy atom. The van der Waals surface area contributed by atoms with E-state index in [0.29, 0.717) is 22.9 Å². The number of hydrogen-bond donors (Lipinski definition) is 1. The first-order valence-electron chi connectivity index (χ1n) is 9.66. The van der Waals surface area contributed by atoms with Crippen LogP contribution < -0.4 is 23.8 Å². The number of carbonyl (C=O) groups excluding carboxylic acids is 1.